The number of thioether (sulfide) groups is 1. The molecule has 2 aliphatic heterocycles. The minimum absolute atomic E-state index is 0.00631. The van der Waals surface area contributed by atoms with Crippen LogP contribution in [-0.2, 0) is 14.6 Å². The molecule has 1 aromatic carbocycles. The smallest absolute Gasteiger partial charge is 0.262 e. The number of halogens is 2. The average molecular weight is 404 g/mol. The molecule has 0 spiro atoms. The molecule has 2 fully saturated rings. The summed E-state index contributed by atoms with van der Waals surface area (Å²) in [7, 11) is -3.18. The second kappa shape index (κ2) is 6.56. The van der Waals surface area contributed by atoms with Crippen LogP contribution in [0, 0.1) is 11.3 Å². The number of anilines is 1. The van der Waals surface area contributed by atoms with E-state index in [9.17, 15) is 13.2 Å². The minimum Gasteiger partial charge on any atom is -0.313 e. The molecule has 0 bridgehead atoms. The van der Waals surface area contributed by atoms with Gasteiger partial charge < -0.3 is 4.90 Å². The highest BCUT2D eigenvalue weighted by molar-refractivity contribution is 8.16. The number of amidine groups is 1. The van der Waals surface area contributed by atoms with Gasteiger partial charge in [-0.1, -0.05) is 41.0 Å². The number of nitriles is 1. The van der Waals surface area contributed by atoms with Crippen LogP contribution in [0.25, 0.3) is 0 Å². The predicted octanol–water partition coefficient (Wildman–Crippen LogP) is 2.51. The lowest BCUT2D eigenvalue weighted by molar-refractivity contribution is -0.116. The molecule has 2 heterocycles. The summed E-state index contributed by atoms with van der Waals surface area (Å²) in [4.78, 5) is 17.4. The molecular formula is C14H11Cl2N3O3S2. The van der Waals surface area contributed by atoms with Gasteiger partial charge in [-0.3, -0.25) is 4.79 Å². The van der Waals surface area contributed by atoms with E-state index < -0.39 is 21.8 Å². The lowest BCUT2D eigenvalue weighted by Crippen LogP contribution is -2.38. The Morgan fingerprint density at radius 2 is 2.04 bits per heavy atom. The molecule has 2 aliphatic rings. The van der Waals surface area contributed by atoms with Crippen LogP contribution in [0.2, 0.25) is 10.0 Å². The van der Waals surface area contributed by atoms with Gasteiger partial charge in [-0.25, -0.2) is 8.42 Å². The maximum atomic E-state index is 12.0. The lowest BCUT2D eigenvalue weighted by atomic mass is 10.2. The molecule has 1 amide bonds. The highest BCUT2D eigenvalue weighted by Gasteiger charge is 2.50. The molecule has 10 heteroatoms. The van der Waals surface area contributed by atoms with Crippen molar-refractivity contribution >= 4 is 61.6 Å². The topological polar surface area (TPSA) is 90.6 Å². The van der Waals surface area contributed by atoms with Crippen LogP contribution >= 0.6 is 35.0 Å². The van der Waals surface area contributed by atoms with Crippen molar-refractivity contribution in [2.24, 2.45) is 4.99 Å². The number of carbonyl (C=O) groups excluding carboxylic acids is 1. The molecule has 3 rings (SSSR count). The quantitative estimate of drug-likeness (QED) is 0.753. The van der Waals surface area contributed by atoms with E-state index in [0.717, 1.165) is 0 Å². The maximum absolute atomic E-state index is 12.0. The van der Waals surface area contributed by atoms with Gasteiger partial charge in [0.1, 0.15) is 6.42 Å². The largest absolute Gasteiger partial charge is 0.313 e. The van der Waals surface area contributed by atoms with Gasteiger partial charge in [0.25, 0.3) is 5.91 Å². The van der Waals surface area contributed by atoms with Crippen LogP contribution in [0.15, 0.2) is 23.2 Å². The Bertz CT molecular complexity index is 859. The number of rotatable bonds is 2. The third-order valence-corrected chi connectivity index (χ3v) is 7.52. The van der Waals surface area contributed by atoms with E-state index in [1.165, 1.54) is 11.8 Å². The standard InChI is InChI=1S/C14H11Cl2N3O3S2/c15-8-2-1-3-9(16)13(8)19-10-6-24(21,22)7-11(10)23-14(19)18-12(20)4-5-17/h1-3,10-11H,4,6-7H2. The Kier molecular flexibility index (Phi) is 4.80. The van der Waals surface area contributed by atoms with Gasteiger partial charge in [0.15, 0.2) is 15.0 Å². The second-order valence-corrected chi connectivity index (χ2v) is 9.54. The number of sulfone groups is 1. The molecule has 0 N–H and O–H groups in total. The lowest BCUT2D eigenvalue weighted by Gasteiger charge is -2.26. The molecule has 0 radical (unpaired) electrons. The molecule has 6 nitrogen and oxygen atoms in total. The fourth-order valence-electron chi connectivity index (χ4n) is 2.76. The zero-order chi connectivity index (χ0) is 17.5. The zero-order valence-electron chi connectivity index (χ0n) is 12.1. The fourth-order valence-corrected chi connectivity index (χ4v) is 7.26. The van der Waals surface area contributed by atoms with Crippen molar-refractivity contribution in [3.63, 3.8) is 0 Å². The average Bonchev–Trinajstić information content (AvgIpc) is 2.92. The van der Waals surface area contributed by atoms with Crippen molar-refractivity contribution in [3.8, 4) is 6.07 Å². The first-order valence-corrected chi connectivity index (χ1v) is 10.4. The van der Waals surface area contributed by atoms with Crippen molar-refractivity contribution in [3.05, 3.63) is 28.2 Å². The number of para-hydroxylation sites is 1. The Morgan fingerprint density at radius 1 is 1.38 bits per heavy atom. The molecule has 2 unspecified atom stereocenters. The SMILES string of the molecule is N#CCC(=O)N=C1SC2CS(=O)(=O)CC2N1c1c(Cl)cccc1Cl. The summed E-state index contributed by atoms with van der Waals surface area (Å²) in [6.45, 7) is 0. The summed E-state index contributed by atoms with van der Waals surface area (Å²) in [5.41, 5.74) is 0.432. The third kappa shape index (κ3) is 3.26. The van der Waals surface area contributed by atoms with Crippen LogP contribution in [0.4, 0.5) is 5.69 Å². The molecule has 2 atom stereocenters. The zero-order valence-corrected chi connectivity index (χ0v) is 15.3. The number of aliphatic imine (C=N–C) groups is 1. The summed E-state index contributed by atoms with van der Waals surface area (Å²) in [6, 6.07) is 6.31. The minimum atomic E-state index is -3.18. The summed E-state index contributed by atoms with van der Waals surface area (Å²) < 4.78 is 23.9. The van der Waals surface area contributed by atoms with Crippen molar-refractivity contribution in [1.29, 1.82) is 5.26 Å². The van der Waals surface area contributed by atoms with Gasteiger partial charge in [0, 0.05) is 5.25 Å². The molecule has 0 aliphatic carbocycles. The molecular weight excluding hydrogens is 393 g/mol. The van der Waals surface area contributed by atoms with E-state index in [1.807, 2.05) is 0 Å². The Hall–Kier alpha value is -1.27. The van der Waals surface area contributed by atoms with Gasteiger partial charge in [0.2, 0.25) is 0 Å². The molecule has 126 valence electrons. The van der Waals surface area contributed by atoms with E-state index in [4.69, 9.17) is 28.5 Å². The van der Waals surface area contributed by atoms with E-state index >= 15 is 0 Å². The van der Waals surface area contributed by atoms with Crippen LogP contribution in [-0.4, -0.2) is 42.3 Å². The first-order valence-electron chi connectivity index (χ1n) is 6.91. The fraction of sp³-hybridized carbons (Fsp3) is 0.357. The predicted molar refractivity (Wildman–Crippen MR) is 95.4 cm³/mol. The van der Waals surface area contributed by atoms with Gasteiger partial charge in [-0.2, -0.15) is 10.3 Å². The third-order valence-electron chi connectivity index (χ3n) is 3.70. The Balaban J connectivity index is 2.09. The number of amides is 1. The van der Waals surface area contributed by atoms with Gasteiger partial charge >= 0.3 is 0 Å². The number of hydrogen-bond acceptors (Lipinski definition) is 5. The van der Waals surface area contributed by atoms with E-state index in [1.54, 1.807) is 29.2 Å². The van der Waals surface area contributed by atoms with Gasteiger partial charge in [-0.05, 0) is 12.1 Å². The molecule has 2 saturated heterocycles. The van der Waals surface area contributed by atoms with Crippen LogP contribution in [0.1, 0.15) is 6.42 Å². The van der Waals surface area contributed by atoms with E-state index in [-0.39, 0.29) is 23.2 Å². The highest BCUT2D eigenvalue weighted by Crippen LogP contribution is 2.45. The molecule has 24 heavy (non-hydrogen) atoms. The van der Waals surface area contributed by atoms with Crippen molar-refractivity contribution in [2.45, 2.75) is 17.7 Å². The molecule has 0 aromatic heterocycles. The van der Waals surface area contributed by atoms with Crippen LogP contribution < -0.4 is 4.90 Å². The number of nitrogens with zero attached hydrogens (tertiary/aromatic N) is 3. The van der Waals surface area contributed by atoms with Crippen molar-refractivity contribution < 1.29 is 13.2 Å². The van der Waals surface area contributed by atoms with E-state index in [0.29, 0.717) is 20.9 Å². The van der Waals surface area contributed by atoms with E-state index in [2.05, 4.69) is 4.99 Å². The highest BCUT2D eigenvalue weighted by atomic mass is 35.5. The number of fused-ring (bicyclic) bond motifs is 1. The van der Waals surface area contributed by atoms with Gasteiger partial charge in [-0.15, -0.1) is 0 Å². The molecule has 0 saturated carbocycles. The van der Waals surface area contributed by atoms with Gasteiger partial charge in [0.05, 0.1) is 39.3 Å². The van der Waals surface area contributed by atoms with Crippen LogP contribution in [0.3, 0.4) is 0 Å². The normalized spacial score (nSPS) is 26.4. The number of benzene rings is 1. The number of carbonyl (C=O) groups is 1. The Labute approximate surface area is 153 Å². The summed E-state index contributed by atoms with van der Waals surface area (Å²) in [5, 5.41) is 9.39. The first kappa shape index (κ1) is 17.5. The summed E-state index contributed by atoms with van der Waals surface area (Å²) in [5.74, 6) is -0.639. The second-order valence-electron chi connectivity index (χ2n) is 5.36. The monoisotopic (exact) mass is 403 g/mol. The van der Waals surface area contributed by atoms with Crippen molar-refractivity contribution in [2.75, 3.05) is 16.4 Å². The summed E-state index contributed by atoms with van der Waals surface area (Å²) >= 11 is 13.7. The molecule has 1 aromatic rings. The van der Waals surface area contributed by atoms with Crippen LogP contribution in [0.5, 0.6) is 0 Å². The maximum Gasteiger partial charge on any atom is 0.262 e. The number of hydrogen-bond donors (Lipinski definition) is 0. The Morgan fingerprint density at radius 3 is 2.67 bits per heavy atom. The first-order chi connectivity index (χ1) is 11.3. The van der Waals surface area contributed by atoms with Crippen molar-refractivity contribution in [1.82, 2.24) is 0 Å². The summed E-state index contributed by atoms with van der Waals surface area (Å²) in [6.07, 6.45) is -0.345.